The van der Waals surface area contributed by atoms with Gasteiger partial charge in [0.25, 0.3) is 5.91 Å². The molecular formula is C22H24N4O2. The molecule has 0 aliphatic heterocycles. The van der Waals surface area contributed by atoms with Crippen molar-refractivity contribution in [3.63, 3.8) is 0 Å². The standard InChI is InChI=1S/C22H24N4O2/c23-22(13-7-8-14-22)21-25-20(28-26-21)18(15-16-9-3-1-4-10-16)24-19(27)17-11-5-2-6-12-17/h1-6,9-12,18H,7-8,13-15,23H2,(H,24,27). The zero-order valence-electron chi connectivity index (χ0n) is 15.7. The van der Waals surface area contributed by atoms with Crippen LogP contribution in [0.1, 0.15) is 59.4 Å². The molecule has 1 saturated carbocycles. The van der Waals surface area contributed by atoms with E-state index in [1.165, 1.54) is 0 Å². The smallest absolute Gasteiger partial charge is 0.251 e. The lowest BCUT2D eigenvalue weighted by atomic mass is 9.98. The molecule has 1 fully saturated rings. The number of rotatable bonds is 6. The second kappa shape index (κ2) is 7.94. The fourth-order valence-electron chi connectivity index (χ4n) is 3.69. The highest BCUT2D eigenvalue weighted by Gasteiger charge is 2.37. The summed E-state index contributed by atoms with van der Waals surface area (Å²) in [5.74, 6) is 0.747. The Balaban J connectivity index is 1.59. The normalized spacial score (nSPS) is 16.6. The number of carbonyl (C=O) groups excluding carboxylic acids is 1. The molecule has 0 saturated heterocycles. The van der Waals surface area contributed by atoms with E-state index in [0.29, 0.717) is 23.7 Å². The molecule has 28 heavy (non-hydrogen) atoms. The average Bonchev–Trinajstić information content (AvgIpc) is 3.39. The maximum atomic E-state index is 12.7. The van der Waals surface area contributed by atoms with Crippen LogP contribution in [0.3, 0.4) is 0 Å². The monoisotopic (exact) mass is 376 g/mol. The summed E-state index contributed by atoms with van der Waals surface area (Å²) in [6.07, 6.45) is 4.40. The van der Waals surface area contributed by atoms with Gasteiger partial charge in [0.1, 0.15) is 6.04 Å². The Morgan fingerprint density at radius 2 is 1.71 bits per heavy atom. The third-order valence-electron chi connectivity index (χ3n) is 5.30. The van der Waals surface area contributed by atoms with Gasteiger partial charge in [0.2, 0.25) is 5.89 Å². The fourth-order valence-corrected chi connectivity index (χ4v) is 3.69. The number of nitrogens with one attached hydrogen (secondary N) is 1. The molecule has 2 aromatic carbocycles. The van der Waals surface area contributed by atoms with Gasteiger partial charge < -0.3 is 15.6 Å². The molecule has 1 atom stereocenters. The Kier molecular flexibility index (Phi) is 5.21. The van der Waals surface area contributed by atoms with Gasteiger partial charge >= 0.3 is 0 Å². The second-order valence-corrected chi connectivity index (χ2v) is 7.40. The molecule has 1 unspecified atom stereocenters. The van der Waals surface area contributed by atoms with Gasteiger partial charge in [-0.25, -0.2) is 0 Å². The lowest BCUT2D eigenvalue weighted by molar-refractivity contribution is 0.0928. The molecule has 1 aliphatic rings. The van der Waals surface area contributed by atoms with Crippen molar-refractivity contribution in [2.75, 3.05) is 0 Å². The zero-order valence-corrected chi connectivity index (χ0v) is 15.7. The van der Waals surface area contributed by atoms with Crippen molar-refractivity contribution >= 4 is 5.91 Å². The third kappa shape index (κ3) is 3.97. The Morgan fingerprint density at radius 1 is 1.07 bits per heavy atom. The summed E-state index contributed by atoms with van der Waals surface area (Å²) in [5, 5.41) is 7.19. The first-order valence-electron chi connectivity index (χ1n) is 9.67. The highest BCUT2D eigenvalue weighted by Crippen LogP contribution is 2.35. The Morgan fingerprint density at radius 3 is 2.39 bits per heavy atom. The van der Waals surface area contributed by atoms with E-state index < -0.39 is 11.6 Å². The number of hydrogen-bond acceptors (Lipinski definition) is 5. The van der Waals surface area contributed by atoms with Gasteiger partial charge in [0.05, 0.1) is 5.54 Å². The number of hydrogen-bond donors (Lipinski definition) is 2. The van der Waals surface area contributed by atoms with Gasteiger partial charge in [-0.3, -0.25) is 4.79 Å². The molecule has 3 aromatic rings. The molecular weight excluding hydrogens is 352 g/mol. The quantitative estimate of drug-likeness (QED) is 0.686. The molecule has 1 aliphatic carbocycles. The molecule has 6 heteroatoms. The SMILES string of the molecule is NC1(c2noc(C(Cc3ccccc3)NC(=O)c3ccccc3)n2)CCCC1. The predicted molar refractivity (Wildman–Crippen MR) is 105 cm³/mol. The largest absolute Gasteiger partial charge is 0.340 e. The zero-order chi connectivity index (χ0) is 19.4. The van der Waals surface area contributed by atoms with Crippen LogP contribution in [0.2, 0.25) is 0 Å². The van der Waals surface area contributed by atoms with Gasteiger partial charge in [-0.1, -0.05) is 66.5 Å². The van der Waals surface area contributed by atoms with Crippen molar-refractivity contribution in [3.8, 4) is 0 Å². The van der Waals surface area contributed by atoms with Gasteiger partial charge in [0.15, 0.2) is 5.82 Å². The predicted octanol–water partition coefficient (Wildman–Crippen LogP) is 3.51. The van der Waals surface area contributed by atoms with Crippen molar-refractivity contribution < 1.29 is 9.32 Å². The van der Waals surface area contributed by atoms with Crippen LogP contribution in [0, 0.1) is 0 Å². The van der Waals surface area contributed by atoms with Crippen molar-refractivity contribution in [2.45, 2.75) is 43.7 Å². The molecule has 4 rings (SSSR count). The van der Waals surface area contributed by atoms with Crippen LogP contribution in [-0.2, 0) is 12.0 Å². The van der Waals surface area contributed by atoms with Crippen molar-refractivity contribution in [3.05, 3.63) is 83.5 Å². The van der Waals surface area contributed by atoms with Crippen molar-refractivity contribution in [1.29, 1.82) is 0 Å². The van der Waals surface area contributed by atoms with E-state index in [0.717, 1.165) is 31.2 Å². The van der Waals surface area contributed by atoms with E-state index in [-0.39, 0.29) is 5.91 Å². The number of carbonyl (C=O) groups is 1. The second-order valence-electron chi connectivity index (χ2n) is 7.40. The van der Waals surface area contributed by atoms with Crippen LogP contribution < -0.4 is 11.1 Å². The van der Waals surface area contributed by atoms with Crippen LogP contribution in [0.15, 0.2) is 65.2 Å². The van der Waals surface area contributed by atoms with Crippen LogP contribution >= 0.6 is 0 Å². The van der Waals surface area contributed by atoms with E-state index in [2.05, 4.69) is 15.5 Å². The number of nitrogens with zero attached hydrogens (tertiary/aromatic N) is 2. The summed E-state index contributed by atoms with van der Waals surface area (Å²) in [6.45, 7) is 0. The average molecular weight is 376 g/mol. The van der Waals surface area contributed by atoms with E-state index >= 15 is 0 Å². The lowest BCUT2D eigenvalue weighted by Gasteiger charge is -2.18. The summed E-state index contributed by atoms with van der Waals surface area (Å²) < 4.78 is 5.56. The van der Waals surface area contributed by atoms with Crippen LogP contribution in [0.5, 0.6) is 0 Å². The van der Waals surface area contributed by atoms with Crippen molar-refractivity contribution in [1.82, 2.24) is 15.5 Å². The maximum Gasteiger partial charge on any atom is 0.251 e. The molecule has 6 nitrogen and oxygen atoms in total. The number of amides is 1. The summed E-state index contributed by atoms with van der Waals surface area (Å²) >= 11 is 0. The van der Waals surface area contributed by atoms with E-state index in [1.807, 2.05) is 48.5 Å². The van der Waals surface area contributed by atoms with E-state index in [9.17, 15) is 4.79 Å². The van der Waals surface area contributed by atoms with E-state index in [4.69, 9.17) is 10.3 Å². The highest BCUT2D eigenvalue weighted by atomic mass is 16.5. The lowest BCUT2D eigenvalue weighted by Crippen LogP contribution is -2.35. The van der Waals surface area contributed by atoms with E-state index in [1.54, 1.807) is 12.1 Å². The first-order valence-corrected chi connectivity index (χ1v) is 9.67. The Bertz CT molecular complexity index is 918. The number of benzene rings is 2. The first kappa shape index (κ1) is 18.4. The molecule has 1 heterocycles. The topological polar surface area (TPSA) is 94.0 Å². The van der Waals surface area contributed by atoms with Gasteiger partial charge in [-0.05, 0) is 30.5 Å². The Hall–Kier alpha value is -2.99. The summed E-state index contributed by atoms with van der Waals surface area (Å²) in [5.41, 5.74) is 7.60. The van der Waals surface area contributed by atoms with Gasteiger partial charge in [-0.15, -0.1) is 0 Å². The van der Waals surface area contributed by atoms with Gasteiger partial charge in [0, 0.05) is 12.0 Å². The van der Waals surface area contributed by atoms with Crippen LogP contribution in [0.4, 0.5) is 0 Å². The number of aromatic nitrogens is 2. The summed E-state index contributed by atoms with van der Waals surface area (Å²) in [6, 6.07) is 18.6. The molecule has 144 valence electrons. The minimum atomic E-state index is -0.525. The fraction of sp³-hybridized carbons (Fsp3) is 0.318. The van der Waals surface area contributed by atoms with Crippen LogP contribution in [-0.4, -0.2) is 16.0 Å². The molecule has 3 N–H and O–H groups in total. The molecule has 0 radical (unpaired) electrons. The molecule has 1 amide bonds. The van der Waals surface area contributed by atoms with Gasteiger partial charge in [-0.2, -0.15) is 4.98 Å². The summed E-state index contributed by atoms with van der Waals surface area (Å²) in [4.78, 5) is 17.3. The first-order chi connectivity index (χ1) is 13.6. The highest BCUT2D eigenvalue weighted by molar-refractivity contribution is 5.94. The maximum absolute atomic E-state index is 12.7. The minimum absolute atomic E-state index is 0.176. The molecule has 1 aromatic heterocycles. The van der Waals surface area contributed by atoms with Crippen LogP contribution in [0.25, 0.3) is 0 Å². The minimum Gasteiger partial charge on any atom is -0.340 e. The van der Waals surface area contributed by atoms with Crippen molar-refractivity contribution in [2.24, 2.45) is 5.73 Å². The molecule has 0 spiro atoms. The summed E-state index contributed by atoms with van der Waals surface area (Å²) in [7, 11) is 0. The number of nitrogens with two attached hydrogens (primary N) is 1. The Labute approximate surface area is 164 Å². The molecule has 0 bridgehead atoms. The third-order valence-corrected chi connectivity index (χ3v) is 5.30.